The lowest BCUT2D eigenvalue weighted by Crippen LogP contribution is -2.53. The highest BCUT2D eigenvalue weighted by molar-refractivity contribution is 7.93. The van der Waals surface area contributed by atoms with Crippen LogP contribution < -0.4 is 10.2 Å². The van der Waals surface area contributed by atoms with Gasteiger partial charge in [0.1, 0.15) is 5.82 Å². The first-order valence-electron chi connectivity index (χ1n) is 11.2. The highest BCUT2D eigenvalue weighted by Crippen LogP contribution is 2.39. The number of pyridine rings is 1. The molecule has 1 aromatic carbocycles. The Labute approximate surface area is 185 Å². The van der Waals surface area contributed by atoms with E-state index in [1.807, 2.05) is 19.1 Å². The van der Waals surface area contributed by atoms with Gasteiger partial charge in [0.2, 0.25) is 5.91 Å². The second-order valence-corrected chi connectivity index (χ2v) is 10.9. The van der Waals surface area contributed by atoms with Gasteiger partial charge >= 0.3 is 0 Å². The predicted molar refractivity (Wildman–Crippen MR) is 122 cm³/mol. The first kappa shape index (κ1) is 21.8. The summed E-state index contributed by atoms with van der Waals surface area (Å²) < 4.78 is 25.8. The normalized spacial score (nSPS) is 18.7. The second-order valence-electron chi connectivity index (χ2n) is 8.68. The number of carbonyl (C=O) groups excluding carboxylic acids is 1. The molecule has 0 unspecified atom stereocenters. The molecule has 0 radical (unpaired) electrons. The molecule has 166 valence electrons. The molecule has 1 saturated carbocycles. The van der Waals surface area contributed by atoms with Crippen molar-refractivity contribution in [1.82, 2.24) is 10.3 Å². The molecule has 2 heterocycles. The van der Waals surface area contributed by atoms with Crippen LogP contribution in [0.2, 0.25) is 0 Å². The summed E-state index contributed by atoms with van der Waals surface area (Å²) in [5.41, 5.74) is 1.87. The number of amides is 1. The van der Waals surface area contributed by atoms with Crippen LogP contribution in [0.5, 0.6) is 0 Å². The molecule has 0 bridgehead atoms. The Kier molecular flexibility index (Phi) is 6.32. The number of aromatic nitrogens is 1. The summed E-state index contributed by atoms with van der Waals surface area (Å²) in [7, 11) is -3.80. The number of carbonyl (C=O) groups is 1. The minimum atomic E-state index is -3.80. The molecule has 2 aromatic rings. The van der Waals surface area contributed by atoms with Crippen molar-refractivity contribution in [1.29, 1.82) is 0 Å². The smallest absolute Gasteiger partial charge is 0.242 e. The van der Waals surface area contributed by atoms with Gasteiger partial charge in [0, 0.05) is 30.9 Å². The summed E-state index contributed by atoms with van der Waals surface area (Å²) in [5.74, 6) is 0.519. The maximum Gasteiger partial charge on any atom is 0.242 e. The number of hydrogen-bond donors (Lipinski definition) is 1. The van der Waals surface area contributed by atoms with Crippen molar-refractivity contribution in [3.05, 3.63) is 53.7 Å². The Morgan fingerprint density at radius 3 is 2.35 bits per heavy atom. The molecule has 1 amide bonds. The molecule has 0 atom stereocenters. The van der Waals surface area contributed by atoms with E-state index in [9.17, 15) is 13.2 Å². The third-order valence-corrected chi connectivity index (χ3v) is 9.10. The zero-order valence-corrected chi connectivity index (χ0v) is 19.0. The quantitative estimate of drug-likeness (QED) is 0.738. The van der Waals surface area contributed by atoms with E-state index in [2.05, 4.69) is 10.2 Å². The third-order valence-electron chi connectivity index (χ3n) is 6.58. The van der Waals surface area contributed by atoms with Crippen molar-refractivity contribution in [3.63, 3.8) is 0 Å². The van der Waals surface area contributed by atoms with Crippen LogP contribution >= 0.6 is 0 Å². The van der Waals surface area contributed by atoms with Gasteiger partial charge in [-0.3, -0.25) is 4.79 Å². The number of anilines is 1. The molecule has 31 heavy (non-hydrogen) atoms. The minimum absolute atomic E-state index is 0.224. The van der Waals surface area contributed by atoms with Crippen molar-refractivity contribution in [3.8, 4) is 0 Å². The van der Waals surface area contributed by atoms with Gasteiger partial charge in [0.05, 0.1) is 4.90 Å². The number of aryl methyl sites for hydroxylation is 1. The van der Waals surface area contributed by atoms with Crippen molar-refractivity contribution in [2.24, 2.45) is 0 Å². The summed E-state index contributed by atoms with van der Waals surface area (Å²) in [5, 5.41) is 2.98. The van der Waals surface area contributed by atoms with Gasteiger partial charge in [0.15, 0.2) is 14.6 Å². The molecular formula is C24H31N3O3S. The Bertz CT molecular complexity index is 1030. The van der Waals surface area contributed by atoms with E-state index < -0.39 is 14.6 Å². The monoisotopic (exact) mass is 441 g/mol. The maximum atomic E-state index is 13.6. The van der Waals surface area contributed by atoms with Crippen molar-refractivity contribution < 1.29 is 13.2 Å². The molecule has 1 aromatic heterocycles. The van der Waals surface area contributed by atoms with Crippen LogP contribution in [0.4, 0.5) is 5.82 Å². The molecule has 1 saturated heterocycles. The van der Waals surface area contributed by atoms with Crippen LogP contribution in [0, 0.1) is 6.92 Å². The van der Waals surface area contributed by atoms with E-state index in [1.54, 1.807) is 30.3 Å². The highest BCUT2D eigenvalue weighted by Gasteiger charge is 2.51. The molecule has 4 rings (SSSR count). The van der Waals surface area contributed by atoms with E-state index in [0.717, 1.165) is 62.3 Å². The topological polar surface area (TPSA) is 79.4 Å². The standard InChI is InChI=1S/C24H31N3O3S/c1-19-12-13-20(22(26-19)27-16-8-9-17-27)18-25-23(28)24(14-6-3-7-15-24)31(29,30)21-10-4-2-5-11-21/h2,4-5,10-13H,3,6-9,14-18H2,1H3,(H,25,28). The number of benzene rings is 1. The van der Waals surface area contributed by atoms with E-state index in [0.29, 0.717) is 12.8 Å². The Balaban J connectivity index is 1.60. The zero-order chi connectivity index (χ0) is 21.9. The zero-order valence-electron chi connectivity index (χ0n) is 18.1. The van der Waals surface area contributed by atoms with E-state index >= 15 is 0 Å². The lowest BCUT2D eigenvalue weighted by atomic mass is 9.87. The van der Waals surface area contributed by atoms with Crippen molar-refractivity contribution in [2.75, 3.05) is 18.0 Å². The van der Waals surface area contributed by atoms with Gasteiger partial charge in [-0.25, -0.2) is 13.4 Å². The summed E-state index contributed by atoms with van der Waals surface area (Å²) >= 11 is 0. The molecule has 6 nitrogen and oxygen atoms in total. The number of nitrogens with one attached hydrogen (secondary N) is 1. The Morgan fingerprint density at radius 1 is 1.00 bits per heavy atom. The summed E-state index contributed by atoms with van der Waals surface area (Å²) in [6, 6.07) is 12.3. The maximum absolute atomic E-state index is 13.6. The van der Waals surface area contributed by atoms with Crippen LogP contribution in [-0.2, 0) is 21.2 Å². The Hall–Kier alpha value is -2.41. The fourth-order valence-electron chi connectivity index (χ4n) is 4.82. The van der Waals surface area contributed by atoms with E-state index in [-0.39, 0.29) is 17.3 Å². The van der Waals surface area contributed by atoms with Gasteiger partial charge in [-0.15, -0.1) is 0 Å². The van der Waals surface area contributed by atoms with E-state index in [1.165, 1.54) is 0 Å². The number of nitrogens with zero attached hydrogens (tertiary/aromatic N) is 2. The summed E-state index contributed by atoms with van der Waals surface area (Å²) in [6.45, 7) is 4.17. The SMILES string of the molecule is Cc1ccc(CNC(=O)C2(S(=O)(=O)c3ccccc3)CCCCC2)c(N2CCCC2)n1. The molecule has 0 spiro atoms. The fraction of sp³-hybridized carbons (Fsp3) is 0.500. The van der Waals surface area contributed by atoms with Crippen LogP contribution in [0.15, 0.2) is 47.4 Å². The molecular weight excluding hydrogens is 410 g/mol. The first-order valence-corrected chi connectivity index (χ1v) is 12.7. The summed E-state index contributed by atoms with van der Waals surface area (Å²) in [6.07, 6.45) is 5.44. The molecule has 1 N–H and O–H groups in total. The van der Waals surface area contributed by atoms with Gasteiger partial charge in [0.25, 0.3) is 0 Å². The molecule has 7 heteroatoms. The average Bonchev–Trinajstić information content (AvgIpc) is 3.34. The molecule has 1 aliphatic carbocycles. The largest absolute Gasteiger partial charge is 0.356 e. The third kappa shape index (κ3) is 4.20. The van der Waals surface area contributed by atoms with Crippen molar-refractivity contribution >= 4 is 21.6 Å². The van der Waals surface area contributed by atoms with Gasteiger partial charge < -0.3 is 10.2 Å². The molecule has 1 aliphatic heterocycles. The van der Waals surface area contributed by atoms with Crippen molar-refractivity contribution in [2.45, 2.75) is 68.1 Å². The number of sulfone groups is 1. The lowest BCUT2D eigenvalue weighted by molar-refractivity contribution is -0.124. The highest BCUT2D eigenvalue weighted by atomic mass is 32.2. The molecule has 2 fully saturated rings. The Morgan fingerprint density at radius 2 is 1.68 bits per heavy atom. The predicted octanol–water partition coefficient (Wildman–Crippen LogP) is 3.78. The van der Waals surface area contributed by atoms with Crippen LogP contribution in [0.25, 0.3) is 0 Å². The number of hydrogen-bond acceptors (Lipinski definition) is 5. The molecule has 2 aliphatic rings. The van der Waals surface area contributed by atoms with Gasteiger partial charge in [-0.1, -0.05) is 43.5 Å². The van der Waals surface area contributed by atoms with Gasteiger partial charge in [-0.05, 0) is 50.8 Å². The number of rotatable bonds is 6. The van der Waals surface area contributed by atoms with Crippen LogP contribution in [0.1, 0.15) is 56.2 Å². The van der Waals surface area contributed by atoms with Crippen LogP contribution in [0.3, 0.4) is 0 Å². The second kappa shape index (κ2) is 8.99. The summed E-state index contributed by atoms with van der Waals surface area (Å²) in [4.78, 5) is 20.7. The average molecular weight is 442 g/mol. The van der Waals surface area contributed by atoms with Gasteiger partial charge in [-0.2, -0.15) is 0 Å². The fourth-order valence-corrected chi connectivity index (χ4v) is 6.92. The minimum Gasteiger partial charge on any atom is -0.356 e. The first-order chi connectivity index (χ1) is 14.9. The lowest BCUT2D eigenvalue weighted by Gasteiger charge is -2.35. The van der Waals surface area contributed by atoms with E-state index in [4.69, 9.17) is 4.98 Å². The van der Waals surface area contributed by atoms with Crippen LogP contribution in [-0.4, -0.2) is 37.1 Å².